The van der Waals surface area contributed by atoms with E-state index in [-0.39, 0.29) is 10.8 Å². The lowest BCUT2D eigenvalue weighted by Gasteiger charge is -2.13. The fourth-order valence-electron chi connectivity index (χ4n) is 2.08. The maximum absolute atomic E-state index is 11.9. The van der Waals surface area contributed by atoms with Gasteiger partial charge in [-0.25, -0.2) is 4.79 Å². The molecule has 1 aromatic heterocycles. The van der Waals surface area contributed by atoms with Crippen LogP contribution in [0, 0.1) is 0 Å². The van der Waals surface area contributed by atoms with Gasteiger partial charge in [0.1, 0.15) is 17.2 Å². The Hall–Kier alpha value is -2.34. The van der Waals surface area contributed by atoms with Crippen LogP contribution in [0.1, 0.15) is 44.7 Å². The summed E-state index contributed by atoms with van der Waals surface area (Å²) < 4.78 is 5.72. The zero-order valence-corrected chi connectivity index (χ0v) is 13.9. The lowest BCUT2D eigenvalue weighted by atomic mass is 10.0. The van der Waals surface area contributed by atoms with Crippen LogP contribution < -0.4 is 10.1 Å². The number of nitrogens with one attached hydrogen (secondary N) is 1. The fourth-order valence-corrected chi connectivity index (χ4v) is 2.84. The molecule has 6 heteroatoms. The first-order valence-corrected chi connectivity index (χ1v) is 8.13. The van der Waals surface area contributed by atoms with E-state index in [1.807, 2.05) is 24.3 Å². The number of benzene rings is 1. The first kappa shape index (κ1) is 17.0. The quantitative estimate of drug-likeness (QED) is 0.762. The predicted octanol–water partition coefficient (Wildman–Crippen LogP) is 3.38. The number of hydrogen-bond donors (Lipinski definition) is 2. The van der Waals surface area contributed by atoms with Crippen LogP contribution >= 0.6 is 11.3 Å². The molecule has 1 aromatic carbocycles. The Labute approximate surface area is 138 Å². The SMILES string of the molecule is CC(C)c1ccccc1OCCNC(=O)c1ccc(C(=O)O)s1. The van der Waals surface area contributed by atoms with Crippen molar-refractivity contribution in [2.24, 2.45) is 0 Å². The molecule has 0 aliphatic carbocycles. The molecule has 0 unspecified atom stereocenters. The summed E-state index contributed by atoms with van der Waals surface area (Å²) in [5, 5.41) is 11.6. The minimum Gasteiger partial charge on any atom is -0.491 e. The van der Waals surface area contributed by atoms with E-state index < -0.39 is 5.97 Å². The molecular weight excluding hydrogens is 314 g/mol. The number of aromatic carboxylic acids is 1. The minimum absolute atomic E-state index is 0.150. The van der Waals surface area contributed by atoms with Crippen molar-refractivity contribution in [1.29, 1.82) is 0 Å². The number of para-hydroxylation sites is 1. The Morgan fingerprint density at radius 1 is 1.17 bits per heavy atom. The highest BCUT2D eigenvalue weighted by atomic mass is 32.1. The molecular formula is C17H19NO4S. The van der Waals surface area contributed by atoms with Crippen molar-refractivity contribution in [3.8, 4) is 5.75 Å². The van der Waals surface area contributed by atoms with Gasteiger partial charge < -0.3 is 15.2 Å². The van der Waals surface area contributed by atoms with Crippen LogP contribution in [0.25, 0.3) is 0 Å². The highest BCUT2D eigenvalue weighted by Gasteiger charge is 2.12. The molecule has 0 radical (unpaired) electrons. The Balaban J connectivity index is 1.83. The van der Waals surface area contributed by atoms with Crippen LogP contribution in [0.3, 0.4) is 0 Å². The van der Waals surface area contributed by atoms with Crippen molar-refractivity contribution in [3.05, 3.63) is 51.7 Å². The molecule has 0 saturated heterocycles. The Morgan fingerprint density at radius 3 is 2.52 bits per heavy atom. The van der Waals surface area contributed by atoms with Gasteiger partial charge in [-0.1, -0.05) is 32.0 Å². The van der Waals surface area contributed by atoms with Gasteiger partial charge in [0.15, 0.2) is 0 Å². The summed E-state index contributed by atoms with van der Waals surface area (Å²) in [6, 6.07) is 10.8. The van der Waals surface area contributed by atoms with E-state index in [1.54, 1.807) is 0 Å². The van der Waals surface area contributed by atoms with Gasteiger partial charge >= 0.3 is 5.97 Å². The molecule has 5 nitrogen and oxygen atoms in total. The Kier molecular flexibility index (Phi) is 5.76. The van der Waals surface area contributed by atoms with E-state index in [9.17, 15) is 9.59 Å². The second-order valence-electron chi connectivity index (χ2n) is 5.27. The number of hydrogen-bond acceptors (Lipinski definition) is 4. The molecule has 2 N–H and O–H groups in total. The number of carbonyl (C=O) groups excluding carboxylic acids is 1. The molecule has 0 spiro atoms. The fraction of sp³-hybridized carbons (Fsp3) is 0.294. The molecule has 0 aliphatic heterocycles. The largest absolute Gasteiger partial charge is 0.491 e. The van der Waals surface area contributed by atoms with E-state index in [0.717, 1.165) is 22.6 Å². The summed E-state index contributed by atoms with van der Waals surface area (Å²) >= 11 is 0.957. The van der Waals surface area contributed by atoms with Crippen molar-refractivity contribution in [3.63, 3.8) is 0 Å². The smallest absolute Gasteiger partial charge is 0.345 e. The third-order valence-corrected chi connectivity index (χ3v) is 4.30. The first-order chi connectivity index (χ1) is 11.0. The Morgan fingerprint density at radius 2 is 1.87 bits per heavy atom. The van der Waals surface area contributed by atoms with Crippen molar-refractivity contribution < 1.29 is 19.4 Å². The topological polar surface area (TPSA) is 75.6 Å². The van der Waals surface area contributed by atoms with E-state index in [4.69, 9.17) is 9.84 Å². The molecule has 0 bridgehead atoms. The number of thiophene rings is 1. The first-order valence-electron chi connectivity index (χ1n) is 7.32. The Bertz CT molecular complexity index is 693. The summed E-state index contributed by atoms with van der Waals surface area (Å²) in [6.07, 6.45) is 0. The molecule has 0 atom stereocenters. The average Bonchev–Trinajstić information content (AvgIpc) is 3.02. The number of rotatable bonds is 7. The van der Waals surface area contributed by atoms with Gasteiger partial charge in [-0.3, -0.25) is 4.79 Å². The highest BCUT2D eigenvalue weighted by Crippen LogP contribution is 2.25. The lowest BCUT2D eigenvalue weighted by Crippen LogP contribution is -2.27. The third kappa shape index (κ3) is 4.56. The van der Waals surface area contributed by atoms with Gasteiger partial charge in [-0.2, -0.15) is 0 Å². The molecule has 0 saturated carbocycles. The minimum atomic E-state index is -1.03. The number of carbonyl (C=O) groups is 2. The second kappa shape index (κ2) is 7.78. The van der Waals surface area contributed by atoms with Gasteiger partial charge in [0, 0.05) is 0 Å². The molecule has 1 amide bonds. The molecule has 23 heavy (non-hydrogen) atoms. The zero-order chi connectivity index (χ0) is 16.8. The molecule has 0 fully saturated rings. The molecule has 0 aliphatic rings. The monoisotopic (exact) mass is 333 g/mol. The molecule has 122 valence electrons. The standard InChI is InChI=1S/C17H19NO4S/c1-11(2)12-5-3-4-6-13(12)22-10-9-18-16(19)14-7-8-15(23-14)17(20)21/h3-8,11H,9-10H2,1-2H3,(H,18,19)(H,20,21). The van der Waals surface area contributed by atoms with E-state index in [0.29, 0.717) is 23.9 Å². The summed E-state index contributed by atoms with van der Waals surface area (Å²) in [5.41, 5.74) is 1.13. The van der Waals surface area contributed by atoms with Gasteiger partial charge in [-0.15, -0.1) is 11.3 Å². The van der Waals surface area contributed by atoms with Gasteiger partial charge in [0.2, 0.25) is 0 Å². The van der Waals surface area contributed by atoms with Crippen molar-refractivity contribution in [1.82, 2.24) is 5.32 Å². The van der Waals surface area contributed by atoms with Gasteiger partial charge in [0.25, 0.3) is 5.91 Å². The maximum atomic E-state index is 11.9. The average molecular weight is 333 g/mol. The van der Waals surface area contributed by atoms with Crippen LogP contribution in [0.5, 0.6) is 5.75 Å². The number of amides is 1. The number of carboxylic acids is 1. The summed E-state index contributed by atoms with van der Waals surface area (Å²) in [6.45, 7) is 4.90. The van der Waals surface area contributed by atoms with Crippen LogP contribution in [0.15, 0.2) is 36.4 Å². The normalized spacial score (nSPS) is 10.6. The van der Waals surface area contributed by atoms with Crippen molar-refractivity contribution in [2.45, 2.75) is 19.8 Å². The van der Waals surface area contributed by atoms with Gasteiger partial charge in [-0.05, 0) is 29.7 Å². The van der Waals surface area contributed by atoms with Gasteiger partial charge in [0.05, 0.1) is 11.4 Å². The lowest BCUT2D eigenvalue weighted by molar-refractivity contribution is 0.0702. The van der Waals surface area contributed by atoms with Crippen LogP contribution in [-0.4, -0.2) is 30.1 Å². The van der Waals surface area contributed by atoms with Crippen molar-refractivity contribution in [2.75, 3.05) is 13.2 Å². The highest BCUT2D eigenvalue weighted by molar-refractivity contribution is 7.15. The van der Waals surface area contributed by atoms with Crippen LogP contribution in [-0.2, 0) is 0 Å². The molecule has 2 aromatic rings. The van der Waals surface area contributed by atoms with Crippen molar-refractivity contribution >= 4 is 23.2 Å². The number of carboxylic acid groups (broad SMARTS) is 1. The van der Waals surface area contributed by atoms with Crippen LogP contribution in [0.2, 0.25) is 0 Å². The third-order valence-electron chi connectivity index (χ3n) is 3.23. The molecule has 2 rings (SSSR count). The zero-order valence-electron chi connectivity index (χ0n) is 13.0. The van der Waals surface area contributed by atoms with E-state index >= 15 is 0 Å². The van der Waals surface area contributed by atoms with E-state index in [2.05, 4.69) is 19.2 Å². The predicted molar refractivity (Wildman–Crippen MR) is 89.6 cm³/mol. The number of ether oxygens (including phenoxy) is 1. The summed E-state index contributed by atoms with van der Waals surface area (Å²) in [7, 11) is 0. The molecule has 1 heterocycles. The summed E-state index contributed by atoms with van der Waals surface area (Å²) in [5.74, 6) is -0.131. The summed E-state index contributed by atoms with van der Waals surface area (Å²) in [4.78, 5) is 23.2. The second-order valence-corrected chi connectivity index (χ2v) is 6.35. The van der Waals surface area contributed by atoms with Crippen LogP contribution in [0.4, 0.5) is 0 Å². The van der Waals surface area contributed by atoms with E-state index in [1.165, 1.54) is 12.1 Å². The maximum Gasteiger partial charge on any atom is 0.345 e.